The standard InChI is InChI=1S/C39H42F3N9O5/c1-56-33-20-31-24(19-32(33)44-36(53)30-3-2-4-34(43-30)39(40,41)42)23-51(46-31)29-11-14-47(15-12-29)27-9-16-48(17-10-27)37(54)25-21-49(22-25)26-5-7-28(8-6-26)50-18-13-35(52)45-38(50)55/h2-8,19-20,23,25,27,29H,9-18,21-22H2,1H3,(H,44,53)(H,45,52,55). The molecule has 2 aromatic heterocycles. The molecule has 8 rings (SSSR count). The highest BCUT2D eigenvalue weighted by atomic mass is 19.4. The van der Waals surface area contributed by atoms with E-state index in [1.165, 1.54) is 13.2 Å². The van der Waals surface area contributed by atoms with Gasteiger partial charge in [-0.25, -0.2) is 9.78 Å². The van der Waals surface area contributed by atoms with Crippen LogP contribution in [0, 0.1) is 5.92 Å². The maximum Gasteiger partial charge on any atom is 0.433 e. The number of methoxy groups -OCH3 is 1. The van der Waals surface area contributed by atoms with Gasteiger partial charge in [-0.2, -0.15) is 18.3 Å². The van der Waals surface area contributed by atoms with Gasteiger partial charge in [-0.1, -0.05) is 6.07 Å². The van der Waals surface area contributed by atoms with Crippen LogP contribution in [0.5, 0.6) is 5.75 Å². The van der Waals surface area contributed by atoms with Gasteiger partial charge in [-0.15, -0.1) is 0 Å². The minimum Gasteiger partial charge on any atom is -0.494 e. The monoisotopic (exact) mass is 773 g/mol. The number of pyridine rings is 1. The van der Waals surface area contributed by atoms with Gasteiger partial charge in [0.1, 0.15) is 17.1 Å². The second-order valence-corrected chi connectivity index (χ2v) is 14.8. The molecule has 4 aromatic rings. The molecule has 2 aromatic carbocycles. The number of nitrogens with zero attached hydrogens (tertiary/aromatic N) is 7. The zero-order valence-corrected chi connectivity index (χ0v) is 30.8. The van der Waals surface area contributed by atoms with Crippen molar-refractivity contribution in [2.75, 3.05) is 68.0 Å². The largest absolute Gasteiger partial charge is 0.494 e. The van der Waals surface area contributed by atoms with Gasteiger partial charge in [0.05, 0.1) is 30.3 Å². The fourth-order valence-corrected chi connectivity index (χ4v) is 8.16. The number of ether oxygens (including phenoxy) is 1. The number of hydrogen-bond donors (Lipinski definition) is 2. The van der Waals surface area contributed by atoms with Crippen molar-refractivity contribution >= 4 is 51.7 Å². The minimum absolute atomic E-state index is 0.0369. The molecule has 0 atom stereocenters. The summed E-state index contributed by atoms with van der Waals surface area (Å²) in [4.78, 5) is 61.6. The van der Waals surface area contributed by atoms with Crippen molar-refractivity contribution in [1.29, 1.82) is 0 Å². The maximum absolute atomic E-state index is 13.4. The van der Waals surface area contributed by atoms with Crippen molar-refractivity contribution in [3.63, 3.8) is 0 Å². The highest BCUT2D eigenvalue weighted by Crippen LogP contribution is 2.34. The number of amides is 5. The Labute approximate surface area is 320 Å². The molecular formula is C39H42F3N9O5. The van der Waals surface area contributed by atoms with Crippen molar-refractivity contribution in [3.05, 3.63) is 72.2 Å². The van der Waals surface area contributed by atoms with E-state index < -0.39 is 23.8 Å². The van der Waals surface area contributed by atoms with Crippen LogP contribution in [0.3, 0.4) is 0 Å². The van der Waals surface area contributed by atoms with Gasteiger partial charge >= 0.3 is 12.2 Å². The number of carbonyl (C=O) groups excluding carboxylic acids is 4. The highest BCUT2D eigenvalue weighted by Gasteiger charge is 2.38. The van der Waals surface area contributed by atoms with E-state index in [0.717, 1.165) is 80.8 Å². The highest BCUT2D eigenvalue weighted by molar-refractivity contribution is 6.06. The van der Waals surface area contributed by atoms with E-state index in [9.17, 15) is 32.3 Å². The Morgan fingerprint density at radius 2 is 1.59 bits per heavy atom. The molecule has 4 aliphatic rings. The summed E-state index contributed by atoms with van der Waals surface area (Å²) in [6.07, 6.45) is 1.19. The summed E-state index contributed by atoms with van der Waals surface area (Å²) in [6, 6.07) is 14.4. The third-order valence-corrected chi connectivity index (χ3v) is 11.3. The van der Waals surface area contributed by atoms with Crippen LogP contribution in [0.25, 0.3) is 10.9 Å². The number of rotatable bonds is 8. The van der Waals surface area contributed by atoms with Gasteiger partial charge in [0, 0.05) is 87.3 Å². The van der Waals surface area contributed by atoms with Crippen molar-refractivity contribution in [2.45, 2.75) is 50.4 Å². The van der Waals surface area contributed by atoms with E-state index in [1.54, 1.807) is 17.0 Å². The maximum atomic E-state index is 13.4. The number of fused-ring (bicyclic) bond motifs is 1. The van der Waals surface area contributed by atoms with Crippen molar-refractivity contribution in [3.8, 4) is 5.75 Å². The van der Waals surface area contributed by atoms with Crippen molar-refractivity contribution < 1.29 is 37.1 Å². The molecule has 2 N–H and O–H groups in total. The lowest BCUT2D eigenvalue weighted by Gasteiger charge is -2.45. The molecule has 4 fully saturated rings. The number of halogens is 3. The second kappa shape index (κ2) is 15.1. The lowest BCUT2D eigenvalue weighted by Crippen LogP contribution is -2.57. The first-order valence-corrected chi connectivity index (χ1v) is 18.8. The fraction of sp³-hybridized carbons (Fsp3) is 0.436. The first kappa shape index (κ1) is 37.2. The number of imide groups is 1. The van der Waals surface area contributed by atoms with Crippen LogP contribution in [0.4, 0.5) is 35.0 Å². The molecule has 0 radical (unpaired) electrons. The van der Waals surface area contributed by atoms with E-state index in [2.05, 4.69) is 25.4 Å². The van der Waals surface area contributed by atoms with Crippen LogP contribution < -0.4 is 25.2 Å². The Morgan fingerprint density at radius 3 is 2.27 bits per heavy atom. The number of aromatic nitrogens is 3. The average molecular weight is 774 g/mol. The molecule has 56 heavy (non-hydrogen) atoms. The molecule has 5 amide bonds. The number of likely N-dealkylation sites (tertiary alicyclic amines) is 2. The predicted octanol–water partition coefficient (Wildman–Crippen LogP) is 4.92. The van der Waals surface area contributed by atoms with E-state index in [-0.39, 0.29) is 35.9 Å². The second-order valence-electron chi connectivity index (χ2n) is 14.8. The topological polar surface area (TPSA) is 145 Å². The summed E-state index contributed by atoms with van der Waals surface area (Å²) >= 11 is 0. The summed E-state index contributed by atoms with van der Waals surface area (Å²) in [6.45, 7) is 4.97. The smallest absolute Gasteiger partial charge is 0.433 e. The van der Waals surface area contributed by atoms with Crippen molar-refractivity contribution in [1.82, 2.24) is 29.9 Å². The third kappa shape index (κ3) is 7.59. The number of hydrogen-bond acceptors (Lipinski definition) is 9. The van der Waals surface area contributed by atoms with Crippen LogP contribution in [-0.4, -0.2) is 107 Å². The Balaban J connectivity index is 0.803. The first-order chi connectivity index (χ1) is 26.9. The van der Waals surface area contributed by atoms with Gasteiger partial charge in [-0.3, -0.25) is 29.3 Å². The van der Waals surface area contributed by atoms with Gasteiger partial charge in [0.15, 0.2) is 0 Å². The minimum atomic E-state index is -4.67. The first-order valence-electron chi connectivity index (χ1n) is 18.8. The summed E-state index contributed by atoms with van der Waals surface area (Å²) in [5.74, 6) is -0.550. The van der Waals surface area contributed by atoms with Gasteiger partial charge in [0.25, 0.3) is 5.91 Å². The predicted molar refractivity (Wildman–Crippen MR) is 201 cm³/mol. The van der Waals surface area contributed by atoms with E-state index >= 15 is 0 Å². The SMILES string of the molecule is COc1cc2nn(C3CCN(C4CCN(C(=O)C5CN(c6ccc(N7CCC(=O)NC7=O)cc6)C5)CC4)CC3)cc2cc1NC(=O)c1cccc(C(F)(F)F)n1. The van der Waals surface area contributed by atoms with E-state index in [1.807, 2.05) is 40.0 Å². The van der Waals surface area contributed by atoms with Gasteiger partial charge < -0.3 is 24.8 Å². The molecule has 6 heterocycles. The van der Waals surface area contributed by atoms with Gasteiger partial charge in [-0.05, 0) is 68.1 Å². The molecule has 4 aliphatic heterocycles. The molecular weight excluding hydrogens is 731 g/mol. The van der Waals surface area contributed by atoms with E-state index in [0.29, 0.717) is 42.6 Å². The summed E-state index contributed by atoms with van der Waals surface area (Å²) in [5, 5.41) is 10.5. The van der Waals surface area contributed by atoms with Crippen LogP contribution in [-0.2, 0) is 15.8 Å². The van der Waals surface area contributed by atoms with Crippen LogP contribution >= 0.6 is 0 Å². The average Bonchev–Trinajstić information content (AvgIpc) is 3.60. The number of anilines is 3. The Bertz CT molecular complexity index is 2140. The quantitative estimate of drug-likeness (QED) is 0.255. The molecule has 0 unspecified atom stereocenters. The number of urea groups is 1. The van der Waals surface area contributed by atoms with Gasteiger partial charge in [0.2, 0.25) is 11.8 Å². The zero-order chi connectivity index (χ0) is 39.1. The number of nitrogens with one attached hydrogen (secondary N) is 2. The molecule has 0 spiro atoms. The lowest BCUT2D eigenvalue weighted by atomic mass is 9.94. The summed E-state index contributed by atoms with van der Waals surface area (Å²) < 4.78 is 46.9. The summed E-state index contributed by atoms with van der Waals surface area (Å²) in [5.41, 5.74) is 1.20. The van der Waals surface area contributed by atoms with Crippen LogP contribution in [0.2, 0.25) is 0 Å². The number of benzene rings is 2. The molecule has 294 valence electrons. The number of piperidine rings is 2. The van der Waals surface area contributed by atoms with Crippen LogP contribution in [0.15, 0.2) is 60.8 Å². The third-order valence-electron chi connectivity index (χ3n) is 11.3. The fourth-order valence-electron chi connectivity index (χ4n) is 8.16. The van der Waals surface area contributed by atoms with E-state index in [4.69, 9.17) is 9.84 Å². The lowest BCUT2D eigenvalue weighted by molar-refractivity contribution is -0.141. The number of alkyl halides is 3. The Hall–Kier alpha value is -5.71. The number of carbonyl (C=O) groups is 4. The van der Waals surface area contributed by atoms with Crippen LogP contribution in [0.1, 0.15) is 54.3 Å². The molecule has 17 heteroatoms. The Kier molecular flexibility index (Phi) is 10.0. The molecule has 4 saturated heterocycles. The Morgan fingerprint density at radius 1 is 0.893 bits per heavy atom. The molecule has 0 saturated carbocycles. The molecule has 0 aliphatic carbocycles. The normalized spacial score (nSPS) is 19.2. The molecule has 0 bridgehead atoms. The zero-order valence-electron chi connectivity index (χ0n) is 30.8. The molecule has 14 nitrogen and oxygen atoms in total. The summed E-state index contributed by atoms with van der Waals surface area (Å²) in [7, 11) is 1.45. The van der Waals surface area contributed by atoms with Crippen molar-refractivity contribution in [2.24, 2.45) is 5.92 Å².